The lowest BCUT2D eigenvalue weighted by atomic mass is 10.2. The van der Waals surface area contributed by atoms with E-state index < -0.39 is 11.9 Å². The monoisotopic (exact) mass is 229 g/mol. The molecule has 7 heteroatoms. The number of nitrogens with zero attached hydrogens (tertiary/aromatic N) is 2. The summed E-state index contributed by atoms with van der Waals surface area (Å²) in [7, 11) is 0. The Labute approximate surface area is 87.9 Å². The molecule has 2 rings (SSSR count). The molecule has 2 N–H and O–H groups in total. The average Bonchev–Trinajstić information content (AvgIpc) is 2.69. The van der Waals surface area contributed by atoms with Gasteiger partial charge in [-0.2, -0.15) is 13.2 Å². The SMILES string of the molecule is Nc1cnc(-c2ccco2)c(C(F)(F)F)n1. The summed E-state index contributed by atoms with van der Waals surface area (Å²) < 4.78 is 42.7. The molecule has 0 aliphatic heterocycles. The van der Waals surface area contributed by atoms with E-state index in [0.717, 1.165) is 6.20 Å². The molecule has 2 aromatic rings. The first-order valence-corrected chi connectivity index (χ1v) is 4.22. The largest absolute Gasteiger partial charge is 0.463 e. The van der Waals surface area contributed by atoms with Crippen molar-refractivity contribution in [3.8, 4) is 11.5 Å². The molecule has 0 aliphatic rings. The molecule has 2 aromatic heterocycles. The Bertz CT molecular complexity index is 493. The van der Waals surface area contributed by atoms with Gasteiger partial charge in [-0.15, -0.1) is 0 Å². The maximum atomic E-state index is 12.6. The number of alkyl halides is 3. The number of aromatic nitrogens is 2. The summed E-state index contributed by atoms with van der Waals surface area (Å²) in [4.78, 5) is 6.82. The maximum Gasteiger partial charge on any atom is 0.435 e. The molecule has 2 heterocycles. The van der Waals surface area contributed by atoms with E-state index in [0.29, 0.717) is 0 Å². The summed E-state index contributed by atoms with van der Waals surface area (Å²) in [5, 5.41) is 0. The molecule has 0 fully saturated rings. The number of furan rings is 1. The third kappa shape index (κ3) is 1.83. The zero-order valence-corrected chi connectivity index (χ0v) is 7.82. The number of hydrogen-bond donors (Lipinski definition) is 1. The van der Waals surface area contributed by atoms with Crippen LogP contribution in [0.2, 0.25) is 0 Å². The number of anilines is 1. The van der Waals surface area contributed by atoms with Gasteiger partial charge in [-0.3, -0.25) is 0 Å². The zero-order chi connectivity index (χ0) is 11.8. The second-order valence-electron chi connectivity index (χ2n) is 2.97. The zero-order valence-electron chi connectivity index (χ0n) is 7.82. The predicted molar refractivity (Wildman–Crippen MR) is 49.1 cm³/mol. The highest BCUT2D eigenvalue weighted by Gasteiger charge is 2.37. The number of nitrogens with two attached hydrogens (primary N) is 1. The number of hydrogen-bond acceptors (Lipinski definition) is 4. The van der Waals surface area contributed by atoms with E-state index in [4.69, 9.17) is 10.2 Å². The van der Waals surface area contributed by atoms with Crippen molar-refractivity contribution in [2.75, 3.05) is 5.73 Å². The molecule has 16 heavy (non-hydrogen) atoms. The van der Waals surface area contributed by atoms with Gasteiger partial charge in [-0.1, -0.05) is 0 Å². The van der Waals surface area contributed by atoms with Gasteiger partial charge in [-0.25, -0.2) is 9.97 Å². The molecular formula is C9H6F3N3O. The third-order valence-electron chi connectivity index (χ3n) is 1.81. The van der Waals surface area contributed by atoms with E-state index in [2.05, 4.69) is 9.97 Å². The van der Waals surface area contributed by atoms with Crippen molar-refractivity contribution in [1.82, 2.24) is 9.97 Å². The van der Waals surface area contributed by atoms with Crippen LogP contribution in [0.1, 0.15) is 5.69 Å². The summed E-state index contributed by atoms with van der Waals surface area (Å²) in [6, 6.07) is 2.84. The van der Waals surface area contributed by atoms with Gasteiger partial charge >= 0.3 is 6.18 Å². The molecular weight excluding hydrogens is 223 g/mol. The Morgan fingerprint density at radius 2 is 2.06 bits per heavy atom. The Morgan fingerprint density at radius 3 is 2.62 bits per heavy atom. The van der Waals surface area contributed by atoms with Crippen molar-refractivity contribution < 1.29 is 17.6 Å². The summed E-state index contributed by atoms with van der Waals surface area (Å²) in [5.41, 5.74) is 3.65. The lowest BCUT2D eigenvalue weighted by molar-refractivity contribution is -0.140. The van der Waals surface area contributed by atoms with E-state index >= 15 is 0 Å². The van der Waals surface area contributed by atoms with Crippen LogP contribution in [0.3, 0.4) is 0 Å². The Kier molecular flexibility index (Phi) is 2.30. The van der Waals surface area contributed by atoms with E-state index in [-0.39, 0.29) is 17.3 Å². The topological polar surface area (TPSA) is 64.9 Å². The smallest absolute Gasteiger partial charge is 0.435 e. The Hall–Kier alpha value is -2.05. The van der Waals surface area contributed by atoms with E-state index in [1.165, 1.54) is 18.4 Å². The van der Waals surface area contributed by atoms with Crippen molar-refractivity contribution in [1.29, 1.82) is 0 Å². The van der Waals surface area contributed by atoms with Crippen LogP contribution in [0.25, 0.3) is 11.5 Å². The van der Waals surface area contributed by atoms with Crippen LogP contribution >= 0.6 is 0 Å². The lowest BCUT2D eigenvalue weighted by Gasteiger charge is -2.09. The third-order valence-corrected chi connectivity index (χ3v) is 1.81. The highest BCUT2D eigenvalue weighted by Crippen LogP contribution is 2.34. The van der Waals surface area contributed by atoms with Crippen molar-refractivity contribution in [3.63, 3.8) is 0 Å². The first-order chi connectivity index (χ1) is 7.48. The van der Waals surface area contributed by atoms with Gasteiger partial charge in [-0.05, 0) is 12.1 Å². The van der Waals surface area contributed by atoms with Crippen molar-refractivity contribution in [3.05, 3.63) is 30.3 Å². The minimum absolute atomic E-state index is 0.000162. The fourth-order valence-electron chi connectivity index (χ4n) is 1.19. The molecule has 0 radical (unpaired) electrons. The van der Waals surface area contributed by atoms with Crippen molar-refractivity contribution in [2.45, 2.75) is 6.18 Å². The number of nitrogen functional groups attached to an aromatic ring is 1. The number of halogens is 3. The van der Waals surface area contributed by atoms with E-state index in [9.17, 15) is 13.2 Å². The van der Waals surface area contributed by atoms with E-state index in [1.54, 1.807) is 0 Å². The van der Waals surface area contributed by atoms with Gasteiger partial charge in [0.1, 0.15) is 11.5 Å². The molecule has 0 amide bonds. The van der Waals surface area contributed by atoms with Crippen LogP contribution in [0.5, 0.6) is 0 Å². The van der Waals surface area contributed by atoms with Gasteiger partial charge in [0.15, 0.2) is 11.5 Å². The average molecular weight is 229 g/mol. The van der Waals surface area contributed by atoms with Crippen molar-refractivity contribution >= 4 is 5.82 Å². The minimum Gasteiger partial charge on any atom is -0.463 e. The molecule has 4 nitrogen and oxygen atoms in total. The Morgan fingerprint density at radius 1 is 1.31 bits per heavy atom. The Balaban J connectivity index is 2.62. The van der Waals surface area contributed by atoms with Gasteiger partial charge in [0.25, 0.3) is 0 Å². The molecule has 0 saturated heterocycles. The normalized spacial score (nSPS) is 11.7. The van der Waals surface area contributed by atoms with Gasteiger partial charge < -0.3 is 10.2 Å². The van der Waals surface area contributed by atoms with Gasteiger partial charge in [0.2, 0.25) is 0 Å². The molecule has 0 aliphatic carbocycles. The van der Waals surface area contributed by atoms with Crippen LogP contribution in [0.15, 0.2) is 29.0 Å². The standard InChI is InChI=1S/C9H6F3N3O/c10-9(11,12)8-7(5-2-1-3-16-5)14-4-6(13)15-8/h1-4H,(H2,13,15). The van der Waals surface area contributed by atoms with Crippen LogP contribution in [0, 0.1) is 0 Å². The minimum atomic E-state index is -4.62. The highest BCUT2D eigenvalue weighted by molar-refractivity contribution is 5.57. The lowest BCUT2D eigenvalue weighted by Crippen LogP contribution is -2.12. The van der Waals surface area contributed by atoms with Crippen LogP contribution in [0.4, 0.5) is 19.0 Å². The molecule has 0 spiro atoms. The highest BCUT2D eigenvalue weighted by atomic mass is 19.4. The molecule has 0 aromatic carbocycles. The quantitative estimate of drug-likeness (QED) is 0.815. The summed E-state index contributed by atoms with van der Waals surface area (Å²) in [5.74, 6) is -0.289. The molecule has 0 bridgehead atoms. The van der Waals surface area contributed by atoms with Crippen LogP contribution in [-0.2, 0) is 6.18 Å². The first kappa shape index (κ1) is 10.5. The van der Waals surface area contributed by atoms with Gasteiger partial charge in [0.05, 0.1) is 12.5 Å². The fraction of sp³-hybridized carbons (Fsp3) is 0.111. The van der Waals surface area contributed by atoms with E-state index in [1.807, 2.05) is 0 Å². The molecule has 0 unspecified atom stereocenters. The first-order valence-electron chi connectivity index (χ1n) is 4.22. The summed E-state index contributed by atoms with van der Waals surface area (Å²) in [6.07, 6.45) is -2.31. The molecule has 0 saturated carbocycles. The molecule has 84 valence electrons. The summed E-state index contributed by atoms with van der Waals surface area (Å²) in [6.45, 7) is 0. The maximum absolute atomic E-state index is 12.6. The summed E-state index contributed by atoms with van der Waals surface area (Å²) >= 11 is 0. The second kappa shape index (κ2) is 3.51. The molecule has 0 atom stereocenters. The van der Waals surface area contributed by atoms with Crippen molar-refractivity contribution in [2.24, 2.45) is 0 Å². The fourth-order valence-corrected chi connectivity index (χ4v) is 1.19. The number of rotatable bonds is 1. The van der Waals surface area contributed by atoms with Crippen LogP contribution in [-0.4, -0.2) is 9.97 Å². The van der Waals surface area contributed by atoms with Crippen LogP contribution < -0.4 is 5.73 Å². The second-order valence-corrected chi connectivity index (χ2v) is 2.97. The van der Waals surface area contributed by atoms with Gasteiger partial charge in [0, 0.05) is 0 Å². The predicted octanol–water partition coefficient (Wildman–Crippen LogP) is 2.34.